The summed E-state index contributed by atoms with van der Waals surface area (Å²) in [5.74, 6) is 0.0270. The topological polar surface area (TPSA) is 29.1 Å². The number of unbranched alkanes of at least 4 members (excludes halogenated alkanes) is 1. The molecule has 0 aliphatic rings. The van der Waals surface area contributed by atoms with Gasteiger partial charge in [0.15, 0.2) is 0 Å². The Balaban J connectivity index is 2.42. The highest BCUT2D eigenvalue weighted by molar-refractivity contribution is 5.94. The summed E-state index contributed by atoms with van der Waals surface area (Å²) >= 11 is 0. The van der Waals surface area contributed by atoms with Crippen LogP contribution in [-0.4, -0.2) is 11.9 Å². The van der Waals surface area contributed by atoms with E-state index in [2.05, 4.69) is 19.2 Å². The van der Waals surface area contributed by atoms with Crippen molar-refractivity contribution < 1.29 is 4.79 Å². The molecule has 0 saturated heterocycles. The van der Waals surface area contributed by atoms with Gasteiger partial charge in [0.2, 0.25) is 0 Å². The minimum absolute atomic E-state index is 0.0270. The van der Waals surface area contributed by atoms with Crippen LogP contribution in [0.1, 0.15) is 43.5 Å². The van der Waals surface area contributed by atoms with Gasteiger partial charge in [0, 0.05) is 11.6 Å². The van der Waals surface area contributed by atoms with Gasteiger partial charge >= 0.3 is 0 Å². The van der Waals surface area contributed by atoms with Crippen molar-refractivity contribution in [1.29, 1.82) is 0 Å². The summed E-state index contributed by atoms with van der Waals surface area (Å²) in [7, 11) is 0. The van der Waals surface area contributed by atoms with Crippen molar-refractivity contribution in [2.24, 2.45) is 0 Å². The van der Waals surface area contributed by atoms with Gasteiger partial charge in [-0.05, 0) is 25.5 Å². The fraction of sp³-hybridized carbons (Fsp3) is 0.462. The highest BCUT2D eigenvalue weighted by Crippen LogP contribution is 2.02. The van der Waals surface area contributed by atoms with E-state index in [1.165, 1.54) is 6.42 Å². The molecule has 0 fully saturated rings. The van der Waals surface area contributed by atoms with Gasteiger partial charge in [0.25, 0.3) is 5.91 Å². The van der Waals surface area contributed by atoms with Gasteiger partial charge in [-0.2, -0.15) is 0 Å². The number of hydrogen-bond donors (Lipinski definition) is 1. The summed E-state index contributed by atoms with van der Waals surface area (Å²) in [6.07, 6.45) is 3.39. The number of carbonyl (C=O) groups excluding carboxylic acids is 1. The van der Waals surface area contributed by atoms with Crippen molar-refractivity contribution in [3.05, 3.63) is 35.9 Å². The van der Waals surface area contributed by atoms with Crippen molar-refractivity contribution in [2.75, 3.05) is 0 Å². The minimum Gasteiger partial charge on any atom is -0.350 e. The standard InChI is InChI=1S/C13H19NO/c1-3-4-8-11(2)14-13(15)12-9-6-5-7-10-12/h5-7,9-11H,3-4,8H2,1-2H3,(H,14,15)/t11-/m0/s1. The number of nitrogens with one attached hydrogen (secondary N) is 1. The molecule has 2 nitrogen and oxygen atoms in total. The molecule has 15 heavy (non-hydrogen) atoms. The van der Waals surface area contributed by atoms with E-state index < -0.39 is 0 Å². The first kappa shape index (κ1) is 11.8. The smallest absolute Gasteiger partial charge is 0.251 e. The van der Waals surface area contributed by atoms with Crippen LogP contribution in [0.3, 0.4) is 0 Å². The predicted molar refractivity (Wildman–Crippen MR) is 62.9 cm³/mol. The van der Waals surface area contributed by atoms with E-state index in [1.807, 2.05) is 30.3 Å². The van der Waals surface area contributed by atoms with Crippen LogP contribution in [0, 0.1) is 0 Å². The Bertz CT molecular complexity index is 295. The molecule has 1 N–H and O–H groups in total. The van der Waals surface area contributed by atoms with E-state index in [0.717, 1.165) is 18.4 Å². The lowest BCUT2D eigenvalue weighted by Crippen LogP contribution is -2.32. The van der Waals surface area contributed by atoms with Crippen LogP contribution in [0.15, 0.2) is 30.3 Å². The Kier molecular flexibility index (Phi) is 4.88. The molecule has 0 unspecified atom stereocenters. The van der Waals surface area contributed by atoms with Gasteiger partial charge in [-0.25, -0.2) is 0 Å². The molecule has 0 bridgehead atoms. The minimum atomic E-state index is 0.0270. The second-order valence-corrected chi connectivity index (χ2v) is 3.88. The van der Waals surface area contributed by atoms with Crippen LogP contribution in [0.25, 0.3) is 0 Å². The third-order valence-electron chi connectivity index (χ3n) is 2.40. The molecule has 1 aromatic rings. The van der Waals surface area contributed by atoms with Crippen molar-refractivity contribution in [3.63, 3.8) is 0 Å². The number of hydrogen-bond acceptors (Lipinski definition) is 1. The van der Waals surface area contributed by atoms with Crippen molar-refractivity contribution in [1.82, 2.24) is 5.32 Å². The monoisotopic (exact) mass is 205 g/mol. The molecule has 1 aromatic carbocycles. The second-order valence-electron chi connectivity index (χ2n) is 3.88. The van der Waals surface area contributed by atoms with E-state index in [9.17, 15) is 4.79 Å². The van der Waals surface area contributed by atoms with E-state index in [4.69, 9.17) is 0 Å². The Morgan fingerprint density at radius 1 is 1.33 bits per heavy atom. The molecule has 0 aliphatic heterocycles. The molecular weight excluding hydrogens is 186 g/mol. The molecule has 0 spiro atoms. The first-order valence-corrected chi connectivity index (χ1v) is 5.60. The Hall–Kier alpha value is -1.31. The van der Waals surface area contributed by atoms with Gasteiger partial charge in [-0.1, -0.05) is 38.0 Å². The summed E-state index contributed by atoms with van der Waals surface area (Å²) in [6, 6.07) is 9.61. The largest absolute Gasteiger partial charge is 0.350 e. The molecule has 1 atom stereocenters. The van der Waals surface area contributed by atoms with Crippen LogP contribution in [0.5, 0.6) is 0 Å². The summed E-state index contributed by atoms with van der Waals surface area (Å²) in [6.45, 7) is 4.21. The average molecular weight is 205 g/mol. The molecule has 1 rings (SSSR count). The van der Waals surface area contributed by atoms with Crippen LogP contribution >= 0.6 is 0 Å². The van der Waals surface area contributed by atoms with E-state index in [1.54, 1.807) is 0 Å². The van der Waals surface area contributed by atoms with Crippen molar-refractivity contribution >= 4 is 5.91 Å². The van der Waals surface area contributed by atoms with E-state index >= 15 is 0 Å². The van der Waals surface area contributed by atoms with Gasteiger partial charge in [-0.15, -0.1) is 0 Å². The van der Waals surface area contributed by atoms with E-state index in [0.29, 0.717) is 0 Å². The summed E-state index contributed by atoms with van der Waals surface area (Å²) in [4.78, 5) is 11.7. The third kappa shape index (κ3) is 4.15. The second kappa shape index (κ2) is 6.23. The van der Waals surface area contributed by atoms with E-state index in [-0.39, 0.29) is 11.9 Å². The molecule has 0 heterocycles. The molecular formula is C13H19NO. The number of amides is 1. The zero-order valence-corrected chi connectivity index (χ0v) is 9.49. The zero-order valence-electron chi connectivity index (χ0n) is 9.49. The maximum Gasteiger partial charge on any atom is 0.251 e. The molecule has 0 aliphatic carbocycles. The van der Waals surface area contributed by atoms with Crippen LogP contribution < -0.4 is 5.32 Å². The van der Waals surface area contributed by atoms with Crippen molar-refractivity contribution in [2.45, 2.75) is 39.2 Å². The first-order valence-electron chi connectivity index (χ1n) is 5.60. The fourth-order valence-electron chi connectivity index (χ4n) is 1.48. The molecule has 0 saturated carbocycles. The molecule has 82 valence electrons. The molecule has 0 aromatic heterocycles. The SMILES string of the molecule is CCCC[C@H](C)NC(=O)c1ccccc1. The fourth-order valence-corrected chi connectivity index (χ4v) is 1.48. The third-order valence-corrected chi connectivity index (χ3v) is 2.40. The zero-order chi connectivity index (χ0) is 11.1. The number of rotatable bonds is 5. The van der Waals surface area contributed by atoms with Crippen LogP contribution in [-0.2, 0) is 0 Å². The quantitative estimate of drug-likeness (QED) is 0.786. The molecule has 1 amide bonds. The Morgan fingerprint density at radius 2 is 2.00 bits per heavy atom. The normalized spacial score (nSPS) is 12.1. The summed E-state index contributed by atoms with van der Waals surface area (Å²) in [5.41, 5.74) is 0.737. The van der Waals surface area contributed by atoms with Gasteiger partial charge in [0.1, 0.15) is 0 Å². The maximum absolute atomic E-state index is 11.7. The molecule has 2 heteroatoms. The van der Waals surface area contributed by atoms with Crippen molar-refractivity contribution in [3.8, 4) is 0 Å². The summed E-state index contributed by atoms with van der Waals surface area (Å²) in [5, 5.41) is 2.99. The van der Waals surface area contributed by atoms with Gasteiger partial charge < -0.3 is 5.32 Å². The lowest BCUT2D eigenvalue weighted by atomic mass is 10.1. The highest BCUT2D eigenvalue weighted by Gasteiger charge is 2.07. The number of benzene rings is 1. The van der Waals surface area contributed by atoms with Gasteiger partial charge in [0.05, 0.1) is 0 Å². The maximum atomic E-state index is 11.7. The highest BCUT2D eigenvalue weighted by atomic mass is 16.1. The van der Waals surface area contributed by atoms with Crippen LogP contribution in [0.2, 0.25) is 0 Å². The Labute approximate surface area is 91.7 Å². The number of carbonyl (C=O) groups is 1. The average Bonchev–Trinajstić information content (AvgIpc) is 2.27. The predicted octanol–water partition coefficient (Wildman–Crippen LogP) is 3.00. The summed E-state index contributed by atoms with van der Waals surface area (Å²) < 4.78 is 0. The lowest BCUT2D eigenvalue weighted by Gasteiger charge is -2.13. The Morgan fingerprint density at radius 3 is 2.60 bits per heavy atom. The first-order chi connectivity index (χ1) is 7.24. The van der Waals surface area contributed by atoms with Crippen LogP contribution in [0.4, 0.5) is 0 Å². The van der Waals surface area contributed by atoms with Gasteiger partial charge in [-0.3, -0.25) is 4.79 Å². The molecule has 0 radical (unpaired) electrons. The lowest BCUT2D eigenvalue weighted by molar-refractivity contribution is 0.0938.